The summed E-state index contributed by atoms with van der Waals surface area (Å²) in [7, 11) is -4.15. The maximum Gasteiger partial charge on any atom is 0.338 e. The third-order valence-electron chi connectivity index (χ3n) is 9.88. The van der Waals surface area contributed by atoms with E-state index in [4.69, 9.17) is 15.6 Å². The average Bonchev–Trinajstić information content (AvgIpc) is 3.14. The van der Waals surface area contributed by atoms with Crippen molar-refractivity contribution >= 4 is 27.7 Å². The Morgan fingerprint density at radius 1 is 0.972 bits per heavy atom. The Labute approximate surface area is 211 Å². The number of fused-ring (bicyclic) bond motifs is 5. The van der Waals surface area contributed by atoms with Gasteiger partial charge >= 0.3 is 5.97 Å². The van der Waals surface area contributed by atoms with Gasteiger partial charge in [-0.15, -0.1) is 0 Å². The van der Waals surface area contributed by atoms with E-state index in [0.717, 1.165) is 57.1 Å². The van der Waals surface area contributed by atoms with Crippen LogP contribution in [0.2, 0.25) is 0 Å². The Balaban J connectivity index is 1.38. The monoisotopic (exact) mass is 514 g/mol. The van der Waals surface area contributed by atoms with Crippen LogP contribution < -0.4 is 10.9 Å². The predicted molar refractivity (Wildman–Crippen MR) is 132 cm³/mol. The van der Waals surface area contributed by atoms with Gasteiger partial charge in [-0.1, -0.05) is 19.4 Å². The second kappa shape index (κ2) is 8.52. The zero-order valence-corrected chi connectivity index (χ0v) is 21.6. The first-order chi connectivity index (χ1) is 16.8. The molecule has 1 aromatic carbocycles. The van der Waals surface area contributed by atoms with Crippen LogP contribution in [0.25, 0.3) is 0 Å². The molecule has 194 valence electrons. The molecule has 0 radical (unpaired) electrons. The molecule has 4 aliphatic carbocycles. The highest BCUT2D eigenvalue weighted by atomic mass is 32.2. The number of primary amides is 1. The number of amides is 1. The Bertz CT molecular complexity index is 1290. The van der Waals surface area contributed by atoms with Gasteiger partial charge in [-0.25, -0.2) is 18.4 Å². The number of ketones is 1. The van der Waals surface area contributed by atoms with Crippen LogP contribution in [0, 0.1) is 28.6 Å². The summed E-state index contributed by atoms with van der Waals surface area (Å²) >= 11 is 0. The summed E-state index contributed by atoms with van der Waals surface area (Å²) in [4.78, 5) is 36.6. The molecule has 5 rings (SSSR count). The number of esters is 1. The van der Waals surface area contributed by atoms with Crippen LogP contribution in [0.3, 0.4) is 0 Å². The fraction of sp³-hybridized carbons (Fsp3) is 0.593. The van der Waals surface area contributed by atoms with Crippen LogP contribution >= 0.6 is 0 Å². The van der Waals surface area contributed by atoms with E-state index < -0.39 is 21.9 Å². The molecule has 0 heterocycles. The van der Waals surface area contributed by atoms with Crippen molar-refractivity contribution in [1.82, 2.24) is 0 Å². The quantitative estimate of drug-likeness (QED) is 0.588. The molecule has 3 saturated carbocycles. The number of primary sulfonamides is 1. The largest absolute Gasteiger partial charge is 0.458 e. The number of sulfonamides is 1. The van der Waals surface area contributed by atoms with Crippen molar-refractivity contribution in [2.24, 2.45) is 39.5 Å². The molecule has 8 nitrogen and oxygen atoms in total. The van der Waals surface area contributed by atoms with Crippen molar-refractivity contribution in [3.05, 3.63) is 41.0 Å². The van der Waals surface area contributed by atoms with Crippen molar-refractivity contribution < 1.29 is 27.5 Å². The lowest BCUT2D eigenvalue weighted by Crippen LogP contribution is -2.51. The minimum atomic E-state index is -4.15. The van der Waals surface area contributed by atoms with E-state index in [1.54, 1.807) is 0 Å². The summed E-state index contributed by atoms with van der Waals surface area (Å²) in [5.74, 6) is 0.188. The number of benzene rings is 1. The van der Waals surface area contributed by atoms with Crippen molar-refractivity contribution in [3.63, 3.8) is 0 Å². The molecule has 6 atom stereocenters. The molecular formula is C27H34N2O6S. The van der Waals surface area contributed by atoms with E-state index in [0.29, 0.717) is 24.2 Å². The summed E-state index contributed by atoms with van der Waals surface area (Å²) in [5.41, 5.74) is 6.40. The van der Waals surface area contributed by atoms with Gasteiger partial charge in [-0.3, -0.25) is 9.59 Å². The van der Waals surface area contributed by atoms with Crippen LogP contribution in [0.5, 0.6) is 0 Å². The fourth-order valence-electron chi connectivity index (χ4n) is 7.93. The van der Waals surface area contributed by atoms with Gasteiger partial charge in [0.2, 0.25) is 15.9 Å². The second-order valence-electron chi connectivity index (χ2n) is 11.6. The lowest BCUT2D eigenvalue weighted by molar-refractivity contribution is -0.118. The molecular weight excluding hydrogens is 480 g/mol. The Morgan fingerprint density at radius 2 is 1.69 bits per heavy atom. The highest BCUT2D eigenvalue weighted by molar-refractivity contribution is 7.89. The number of rotatable bonds is 4. The molecule has 0 aromatic heterocycles. The Kier molecular flexibility index (Phi) is 5.95. The molecule has 36 heavy (non-hydrogen) atoms. The maximum absolute atomic E-state index is 13.2. The number of ether oxygens (including phenoxy) is 1. The normalized spacial score (nSPS) is 35.8. The van der Waals surface area contributed by atoms with E-state index in [9.17, 15) is 22.8 Å². The smallest absolute Gasteiger partial charge is 0.338 e. The van der Waals surface area contributed by atoms with Gasteiger partial charge in [-0.2, -0.15) is 0 Å². The molecule has 3 unspecified atom stereocenters. The van der Waals surface area contributed by atoms with Crippen LogP contribution in [0.15, 0.2) is 34.7 Å². The third-order valence-corrected chi connectivity index (χ3v) is 10.8. The van der Waals surface area contributed by atoms with Crippen LogP contribution in [-0.2, 0) is 19.6 Å². The lowest BCUT2D eigenvalue weighted by Gasteiger charge is -2.57. The standard InChI is InChI=1S/C27H34N2O6S/c1-26-9-7-18(30)14-17(26)3-4-20-21-5-6-23(27(21,2)10-8-22(20)26)35-25(32)16-11-15(24(28)31)12-19(13-16)36(29,33)34/h11-14,20-23H,3-10H2,1-2H3,(H2,28,31)(H2,29,33,34)/t20?,21?,22?,23-,26-,27-/m0/s1. The molecule has 1 amide bonds. The topological polar surface area (TPSA) is 147 Å². The maximum atomic E-state index is 13.2. The Morgan fingerprint density at radius 3 is 2.39 bits per heavy atom. The first-order valence-electron chi connectivity index (χ1n) is 12.8. The number of hydrogen-bond donors (Lipinski definition) is 2. The van der Waals surface area contributed by atoms with Crippen molar-refractivity contribution in [2.75, 3.05) is 0 Å². The second-order valence-corrected chi connectivity index (χ2v) is 13.2. The minimum Gasteiger partial charge on any atom is -0.458 e. The van der Waals surface area contributed by atoms with E-state index >= 15 is 0 Å². The van der Waals surface area contributed by atoms with Gasteiger partial charge in [0.25, 0.3) is 0 Å². The van der Waals surface area contributed by atoms with Crippen molar-refractivity contribution in [1.29, 1.82) is 0 Å². The first-order valence-corrected chi connectivity index (χ1v) is 14.3. The van der Waals surface area contributed by atoms with E-state index in [1.165, 1.54) is 11.6 Å². The molecule has 4 N–H and O–H groups in total. The molecule has 0 saturated heterocycles. The van der Waals surface area contributed by atoms with Gasteiger partial charge in [0.15, 0.2) is 5.78 Å². The average molecular weight is 515 g/mol. The molecule has 4 aliphatic rings. The number of carbonyl (C=O) groups is 3. The molecule has 0 bridgehead atoms. The summed E-state index contributed by atoms with van der Waals surface area (Å²) in [6.45, 7) is 4.55. The molecule has 3 fully saturated rings. The number of carbonyl (C=O) groups excluding carboxylic acids is 3. The number of nitrogens with two attached hydrogens (primary N) is 2. The van der Waals surface area contributed by atoms with Gasteiger partial charge < -0.3 is 10.5 Å². The first kappa shape index (κ1) is 25.1. The third kappa shape index (κ3) is 4.00. The van der Waals surface area contributed by atoms with Gasteiger partial charge in [0, 0.05) is 17.4 Å². The SMILES string of the molecule is C[C@]12CCC(=O)C=C1CCC1C2CC[C@@]2(C)C1CC[C@@H]2OC(=O)c1cc(C(N)=O)cc(S(N)(=O)=O)c1. The fourth-order valence-corrected chi connectivity index (χ4v) is 8.51. The van der Waals surface area contributed by atoms with E-state index in [-0.39, 0.29) is 38.7 Å². The zero-order valence-electron chi connectivity index (χ0n) is 20.8. The molecule has 1 aromatic rings. The number of allylic oxidation sites excluding steroid dienone is 1. The van der Waals surface area contributed by atoms with Crippen LogP contribution in [0.4, 0.5) is 0 Å². The predicted octanol–water partition coefficient (Wildman–Crippen LogP) is 3.49. The number of hydrogen-bond acceptors (Lipinski definition) is 6. The van der Waals surface area contributed by atoms with Crippen LogP contribution in [0.1, 0.15) is 85.9 Å². The van der Waals surface area contributed by atoms with Crippen molar-refractivity contribution in [3.8, 4) is 0 Å². The van der Waals surface area contributed by atoms with Crippen molar-refractivity contribution in [2.45, 2.75) is 76.2 Å². The van der Waals surface area contributed by atoms with Gasteiger partial charge in [-0.05, 0) is 92.4 Å². The summed E-state index contributed by atoms with van der Waals surface area (Å²) in [5, 5.41) is 5.24. The van der Waals surface area contributed by atoms with E-state index in [1.807, 2.05) is 6.08 Å². The van der Waals surface area contributed by atoms with Gasteiger partial charge in [0.1, 0.15) is 6.10 Å². The highest BCUT2D eigenvalue weighted by Gasteiger charge is 2.60. The van der Waals surface area contributed by atoms with E-state index in [2.05, 4.69) is 13.8 Å². The summed E-state index contributed by atoms with van der Waals surface area (Å²) < 4.78 is 29.8. The molecule has 9 heteroatoms. The summed E-state index contributed by atoms with van der Waals surface area (Å²) in [6, 6.07) is 3.45. The summed E-state index contributed by atoms with van der Waals surface area (Å²) in [6.07, 6.45) is 8.82. The lowest BCUT2D eigenvalue weighted by atomic mass is 9.47. The molecule has 0 spiro atoms. The zero-order chi connectivity index (χ0) is 26.0. The van der Waals surface area contributed by atoms with Crippen LogP contribution in [-0.4, -0.2) is 32.2 Å². The van der Waals surface area contributed by atoms with Gasteiger partial charge in [0.05, 0.1) is 10.5 Å². The minimum absolute atomic E-state index is 0.0529. The Hall–Kier alpha value is -2.52. The highest BCUT2D eigenvalue weighted by Crippen LogP contribution is 2.65. The molecule has 0 aliphatic heterocycles.